The van der Waals surface area contributed by atoms with Crippen molar-refractivity contribution < 1.29 is 18.3 Å². The normalized spacial score (nSPS) is 13.8. The molecule has 0 aromatic heterocycles. The molecule has 5 heteroatoms. The van der Waals surface area contributed by atoms with Crippen LogP contribution in [0.2, 0.25) is 0 Å². The summed E-state index contributed by atoms with van der Waals surface area (Å²) in [5.41, 5.74) is 1.80. The van der Waals surface area contributed by atoms with Gasteiger partial charge in [0.15, 0.2) is 0 Å². The lowest BCUT2D eigenvalue weighted by Gasteiger charge is -2.25. The minimum atomic E-state index is -4.24. The van der Waals surface area contributed by atoms with Crippen LogP contribution < -0.4 is 0 Å². The van der Waals surface area contributed by atoms with Crippen molar-refractivity contribution in [1.82, 2.24) is 4.90 Å². The topological polar surface area (TPSA) is 23.5 Å². The Morgan fingerprint density at radius 1 is 1.15 bits per heavy atom. The SMILES string of the molecule is CCCN(CC(O)c1ccc(CC)cc1)CC(F)(F)F. The molecule has 0 saturated heterocycles. The number of aliphatic hydroxyl groups excluding tert-OH is 1. The molecule has 0 fully saturated rings. The van der Waals surface area contributed by atoms with Crippen molar-refractivity contribution in [3.05, 3.63) is 35.4 Å². The molecule has 114 valence electrons. The highest BCUT2D eigenvalue weighted by atomic mass is 19.4. The Balaban J connectivity index is 2.66. The van der Waals surface area contributed by atoms with Gasteiger partial charge in [-0.25, -0.2) is 0 Å². The molecule has 0 radical (unpaired) electrons. The average molecular weight is 289 g/mol. The lowest BCUT2D eigenvalue weighted by Crippen LogP contribution is -2.37. The van der Waals surface area contributed by atoms with Crippen molar-refractivity contribution in [2.75, 3.05) is 19.6 Å². The molecule has 1 N–H and O–H groups in total. The predicted octanol–water partition coefficient (Wildman–Crippen LogP) is 3.56. The second-order valence-electron chi connectivity index (χ2n) is 4.96. The summed E-state index contributed by atoms with van der Waals surface area (Å²) < 4.78 is 37.4. The van der Waals surface area contributed by atoms with Gasteiger partial charge in [0.05, 0.1) is 12.6 Å². The summed E-state index contributed by atoms with van der Waals surface area (Å²) >= 11 is 0. The Kier molecular flexibility index (Phi) is 6.49. The maximum absolute atomic E-state index is 12.5. The monoisotopic (exact) mass is 289 g/mol. The number of halogens is 3. The molecule has 20 heavy (non-hydrogen) atoms. The number of hydrogen-bond donors (Lipinski definition) is 1. The summed E-state index contributed by atoms with van der Waals surface area (Å²) in [4.78, 5) is 1.25. The summed E-state index contributed by atoms with van der Waals surface area (Å²) in [6.45, 7) is 3.19. The Morgan fingerprint density at radius 3 is 2.20 bits per heavy atom. The van der Waals surface area contributed by atoms with Crippen LogP contribution in [0.3, 0.4) is 0 Å². The highest BCUT2D eigenvalue weighted by molar-refractivity contribution is 5.24. The number of nitrogens with zero attached hydrogens (tertiary/aromatic N) is 1. The van der Waals surface area contributed by atoms with Gasteiger partial charge in [0.25, 0.3) is 0 Å². The number of alkyl halides is 3. The lowest BCUT2D eigenvalue weighted by atomic mass is 10.1. The highest BCUT2D eigenvalue weighted by Crippen LogP contribution is 2.20. The van der Waals surface area contributed by atoms with Crippen LogP contribution in [0.1, 0.15) is 37.5 Å². The standard InChI is InChI=1S/C15H22F3NO/c1-3-9-19(11-15(16,17)18)10-14(20)13-7-5-12(4-2)6-8-13/h5-8,14,20H,3-4,9-11H2,1-2H3. The third-order valence-electron chi connectivity index (χ3n) is 3.15. The van der Waals surface area contributed by atoms with Crippen LogP contribution in [-0.4, -0.2) is 35.8 Å². The van der Waals surface area contributed by atoms with E-state index in [-0.39, 0.29) is 6.54 Å². The van der Waals surface area contributed by atoms with Crippen molar-refractivity contribution in [3.8, 4) is 0 Å². The molecule has 0 amide bonds. The molecule has 0 bridgehead atoms. The number of aliphatic hydroxyl groups is 1. The van der Waals surface area contributed by atoms with E-state index in [2.05, 4.69) is 0 Å². The smallest absolute Gasteiger partial charge is 0.387 e. The largest absolute Gasteiger partial charge is 0.401 e. The van der Waals surface area contributed by atoms with Crippen LogP contribution in [0.15, 0.2) is 24.3 Å². The summed E-state index contributed by atoms with van der Waals surface area (Å²) in [6, 6.07) is 7.35. The minimum Gasteiger partial charge on any atom is -0.387 e. The van der Waals surface area contributed by atoms with Gasteiger partial charge in [0.1, 0.15) is 0 Å². The summed E-state index contributed by atoms with van der Waals surface area (Å²) in [7, 11) is 0. The first-order chi connectivity index (χ1) is 9.35. The van der Waals surface area contributed by atoms with Crippen molar-refractivity contribution in [1.29, 1.82) is 0 Å². The van der Waals surface area contributed by atoms with Gasteiger partial charge in [0, 0.05) is 6.54 Å². The quantitative estimate of drug-likeness (QED) is 0.829. The van der Waals surface area contributed by atoms with Gasteiger partial charge >= 0.3 is 6.18 Å². The first-order valence-corrected chi connectivity index (χ1v) is 6.91. The molecule has 0 heterocycles. The molecule has 1 aromatic rings. The van der Waals surface area contributed by atoms with E-state index in [9.17, 15) is 18.3 Å². The van der Waals surface area contributed by atoms with Gasteiger partial charge in [-0.05, 0) is 30.5 Å². The summed E-state index contributed by atoms with van der Waals surface area (Å²) in [5.74, 6) is 0. The minimum absolute atomic E-state index is 0.00117. The maximum atomic E-state index is 12.5. The van der Waals surface area contributed by atoms with Crippen molar-refractivity contribution in [3.63, 3.8) is 0 Å². The Morgan fingerprint density at radius 2 is 1.75 bits per heavy atom. The van der Waals surface area contributed by atoms with E-state index in [1.54, 1.807) is 12.1 Å². The Bertz CT molecular complexity index is 389. The second-order valence-corrected chi connectivity index (χ2v) is 4.96. The van der Waals surface area contributed by atoms with Crippen molar-refractivity contribution >= 4 is 0 Å². The second kappa shape index (κ2) is 7.64. The third kappa shape index (κ3) is 5.92. The highest BCUT2D eigenvalue weighted by Gasteiger charge is 2.31. The van der Waals surface area contributed by atoms with E-state index in [4.69, 9.17) is 0 Å². The van der Waals surface area contributed by atoms with Crippen LogP contribution in [0.25, 0.3) is 0 Å². The zero-order valence-electron chi connectivity index (χ0n) is 12.0. The molecule has 0 spiro atoms. The molecular weight excluding hydrogens is 267 g/mol. The Labute approximate surface area is 118 Å². The van der Waals surface area contributed by atoms with Crippen LogP contribution in [0.5, 0.6) is 0 Å². The van der Waals surface area contributed by atoms with E-state index in [0.717, 1.165) is 12.0 Å². The number of hydrogen-bond acceptors (Lipinski definition) is 2. The van der Waals surface area contributed by atoms with E-state index in [1.165, 1.54) is 4.90 Å². The molecule has 2 nitrogen and oxygen atoms in total. The lowest BCUT2D eigenvalue weighted by molar-refractivity contribution is -0.148. The predicted molar refractivity (Wildman–Crippen MR) is 73.6 cm³/mol. The van der Waals surface area contributed by atoms with Crippen LogP contribution in [0.4, 0.5) is 13.2 Å². The summed E-state index contributed by atoms with van der Waals surface area (Å²) in [6.07, 6.45) is -3.61. The van der Waals surface area contributed by atoms with E-state index < -0.39 is 18.8 Å². The van der Waals surface area contributed by atoms with Gasteiger partial charge in [-0.2, -0.15) is 13.2 Å². The molecule has 1 rings (SSSR count). The molecule has 0 aliphatic rings. The number of benzene rings is 1. The number of aryl methyl sites for hydroxylation is 1. The van der Waals surface area contributed by atoms with Gasteiger partial charge in [-0.3, -0.25) is 4.90 Å². The first kappa shape index (κ1) is 17.0. The molecule has 0 saturated carbocycles. The first-order valence-electron chi connectivity index (χ1n) is 6.91. The molecule has 0 aliphatic heterocycles. The third-order valence-corrected chi connectivity index (χ3v) is 3.15. The van der Waals surface area contributed by atoms with Gasteiger partial charge in [-0.1, -0.05) is 38.1 Å². The van der Waals surface area contributed by atoms with Crippen molar-refractivity contribution in [2.24, 2.45) is 0 Å². The molecule has 1 unspecified atom stereocenters. The fraction of sp³-hybridized carbons (Fsp3) is 0.600. The van der Waals surface area contributed by atoms with Crippen LogP contribution in [-0.2, 0) is 6.42 Å². The van der Waals surface area contributed by atoms with E-state index >= 15 is 0 Å². The van der Waals surface area contributed by atoms with Crippen LogP contribution in [0, 0.1) is 0 Å². The van der Waals surface area contributed by atoms with Crippen molar-refractivity contribution in [2.45, 2.75) is 39.0 Å². The van der Waals surface area contributed by atoms with E-state index in [0.29, 0.717) is 18.5 Å². The molecule has 0 aliphatic carbocycles. The van der Waals surface area contributed by atoms with Gasteiger partial charge < -0.3 is 5.11 Å². The molecule has 1 aromatic carbocycles. The molecule has 1 atom stereocenters. The zero-order valence-corrected chi connectivity index (χ0v) is 12.0. The average Bonchev–Trinajstić information content (AvgIpc) is 2.37. The van der Waals surface area contributed by atoms with Gasteiger partial charge in [0.2, 0.25) is 0 Å². The Hall–Kier alpha value is -1.07. The van der Waals surface area contributed by atoms with Gasteiger partial charge in [-0.15, -0.1) is 0 Å². The van der Waals surface area contributed by atoms with Crippen LogP contribution >= 0.6 is 0 Å². The fourth-order valence-electron chi connectivity index (χ4n) is 2.13. The maximum Gasteiger partial charge on any atom is 0.401 e. The van der Waals surface area contributed by atoms with E-state index in [1.807, 2.05) is 26.0 Å². The number of rotatable bonds is 7. The zero-order chi connectivity index (χ0) is 15.2. The fourth-order valence-corrected chi connectivity index (χ4v) is 2.13. The molecular formula is C15H22F3NO. The summed E-state index contributed by atoms with van der Waals surface area (Å²) in [5, 5.41) is 10.1.